The van der Waals surface area contributed by atoms with E-state index in [-0.39, 0.29) is 4.90 Å². The predicted molar refractivity (Wildman–Crippen MR) is 86.3 cm³/mol. The van der Waals surface area contributed by atoms with E-state index in [1.165, 1.54) is 29.6 Å². The third-order valence-electron chi connectivity index (χ3n) is 3.71. The molecule has 22 heavy (non-hydrogen) atoms. The maximum absolute atomic E-state index is 12.7. The lowest BCUT2D eigenvalue weighted by molar-refractivity contribution is 0.0600. The molecule has 2 rings (SSSR count). The fourth-order valence-corrected chi connectivity index (χ4v) is 5.13. The molecule has 0 aliphatic carbocycles. The number of methoxy groups -OCH3 is 1. The topological polar surface area (TPSA) is 75.7 Å². The molecule has 1 aliphatic heterocycles. The first-order chi connectivity index (χ1) is 10.4. The van der Waals surface area contributed by atoms with Gasteiger partial charge in [-0.1, -0.05) is 0 Å². The Balaban J connectivity index is 2.25. The van der Waals surface area contributed by atoms with Gasteiger partial charge in [-0.3, -0.25) is 0 Å². The van der Waals surface area contributed by atoms with Crippen molar-refractivity contribution >= 4 is 31.9 Å². The number of nitrogens with zero attached hydrogens (tertiary/aromatic N) is 1. The van der Waals surface area contributed by atoms with E-state index in [0.29, 0.717) is 29.0 Å². The quantitative estimate of drug-likeness (QED) is 0.770. The normalized spacial score (nSPS) is 19.3. The highest BCUT2D eigenvalue weighted by molar-refractivity contribution is 9.10. The molecule has 8 heteroatoms. The molecule has 0 amide bonds. The molecular formula is C14H19BrN2O4S. The molecule has 0 bridgehead atoms. The summed E-state index contributed by atoms with van der Waals surface area (Å²) in [6.45, 7) is 1.82. The van der Waals surface area contributed by atoms with Crippen molar-refractivity contribution in [2.45, 2.75) is 11.3 Å². The van der Waals surface area contributed by atoms with Gasteiger partial charge in [0.05, 0.1) is 17.6 Å². The molecule has 0 spiro atoms. The molecule has 0 saturated carbocycles. The molecule has 1 heterocycles. The number of carbonyl (C=O) groups excluding carboxylic acids is 1. The van der Waals surface area contributed by atoms with Crippen LogP contribution in [0.5, 0.6) is 0 Å². The lowest BCUT2D eigenvalue weighted by atomic mass is 10.1. The minimum Gasteiger partial charge on any atom is -0.465 e. The van der Waals surface area contributed by atoms with Crippen LogP contribution in [0, 0.1) is 5.92 Å². The van der Waals surface area contributed by atoms with Crippen LogP contribution < -0.4 is 5.32 Å². The first-order valence-electron chi connectivity index (χ1n) is 6.92. The standard InChI is InChI=1S/C14H19BrN2O4S/c1-16-8-10-5-6-17(9-10)22(19,20)13-4-3-11(7-12(13)15)14(18)21-2/h3-4,7,10,16H,5-6,8-9H2,1-2H3. The summed E-state index contributed by atoms with van der Waals surface area (Å²) in [5.41, 5.74) is 0.308. The van der Waals surface area contributed by atoms with E-state index in [0.717, 1.165) is 13.0 Å². The number of halogens is 1. The number of ether oxygens (including phenoxy) is 1. The SMILES string of the molecule is CNCC1CCN(S(=O)(=O)c2ccc(C(=O)OC)cc2Br)C1. The summed E-state index contributed by atoms with van der Waals surface area (Å²) in [5.74, 6) is -0.173. The van der Waals surface area contributed by atoms with Crippen molar-refractivity contribution in [1.82, 2.24) is 9.62 Å². The van der Waals surface area contributed by atoms with Gasteiger partial charge in [-0.05, 0) is 60.1 Å². The highest BCUT2D eigenvalue weighted by Gasteiger charge is 2.33. The monoisotopic (exact) mass is 390 g/mol. The third-order valence-corrected chi connectivity index (χ3v) is 6.55. The molecule has 1 aromatic rings. The second-order valence-corrected chi connectivity index (χ2v) is 7.97. The van der Waals surface area contributed by atoms with E-state index in [9.17, 15) is 13.2 Å². The molecule has 0 aromatic heterocycles. The summed E-state index contributed by atoms with van der Waals surface area (Å²) < 4.78 is 31.9. The van der Waals surface area contributed by atoms with Crippen molar-refractivity contribution in [2.75, 3.05) is 33.8 Å². The van der Waals surface area contributed by atoms with Crippen LogP contribution in [-0.2, 0) is 14.8 Å². The minimum atomic E-state index is -3.56. The lowest BCUT2D eigenvalue weighted by Gasteiger charge is -2.18. The van der Waals surface area contributed by atoms with E-state index < -0.39 is 16.0 Å². The Bertz CT molecular complexity index is 663. The van der Waals surface area contributed by atoms with Crippen LogP contribution in [0.3, 0.4) is 0 Å². The van der Waals surface area contributed by atoms with E-state index in [2.05, 4.69) is 26.0 Å². The molecule has 0 radical (unpaired) electrons. The van der Waals surface area contributed by atoms with Crippen LogP contribution in [0.1, 0.15) is 16.8 Å². The summed E-state index contributed by atoms with van der Waals surface area (Å²) in [4.78, 5) is 11.7. The van der Waals surface area contributed by atoms with Gasteiger partial charge in [0.25, 0.3) is 0 Å². The average molecular weight is 391 g/mol. The van der Waals surface area contributed by atoms with Crippen LogP contribution in [0.25, 0.3) is 0 Å². The Kier molecular flexibility index (Phi) is 5.60. The number of carbonyl (C=O) groups is 1. The number of nitrogens with one attached hydrogen (secondary N) is 1. The number of esters is 1. The predicted octanol–water partition coefficient (Wildman–Crippen LogP) is 1.47. The van der Waals surface area contributed by atoms with E-state index >= 15 is 0 Å². The van der Waals surface area contributed by atoms with Crippen molar-refractivity contribution in [1.29, 1.82) is 0 Å². The fraction of sp³-hybridized carbons (Fsp3) is 0.500. The van der Waals surface area contributed by atoms with E-state index in [4.69, 9.17) is 0 Å². The first-order valence-corrected chi connectivity index (χ1v) is 9.16. The molecule has 1 N–H and O–H groups in total. The summed E-state index contributed by atoms with van der Waals surface area (Å²) >= 11 is 3.25. The molecule has 1 unspecified atom stereocenters. The maximum Gasteiger partial charge on any atom is 0.337 e. The number of hydrogen-bond acceptors (Lipinski definition) is 5. The van der Waals surface area contributed by atoms with E-state index in [1.807, 2.05) is 7.05 Å². The molecule has 6 nitrogen and oxygen atoms in total. The Morgan fingerprint density at radius 3 is 2.82 bits per heavy atom. The van der Waals surface area contributed by atoms with Crippen LogP contribution in [-0.4, -0.2) is 52.5 Å². The minimum absolute atomic E-state index is 0.172. The largest absolute Gasteiger partial charge is 0.465 e. The highest BCUT2D eigenvalue weighted by atomic mass is 79.9. The zero-order valence-electron chi connectivity index (χ0n) is 12.5. The number of benzene rings is 1. The zero-order chi connectivity index (χ0) is 16.3. The van der Waals surface area contributed by atoms with Gasteiger partial charge in [0, 0.05) is 17.6 Å². The van der Waals surface area contributed by atoms with Gasteiger partial charge in [-0.2, -0.15) is 4.31 Å². The Morgan fingerprint density at radius 2 is 2.23 bits per heavy atom. The van der Waals surface area contributed by atoms with Crippen LogP contribution >= 0.6 is 15.9 Å². The van der Waals surface area contributed by atoms with Gasteiger partial charge in [0.2, 0.25) is 10.0 Å². The molecule has 1 saturated heterocycles. The number of sulfonamides is 1. The second-order valence-electron chi connectivity index (χ2n) is 5.21. The van der Waals surface area contributed by atoms with Gasteiger partial charge in [0.1, 0.15) is 0 Å². The molecule has 1 aromatic carbocycles. The van der Waals surface area contributed by atoms with Crippen LogP contribution in [0.15, 0.2) is 27.6 Å². The maximum atomic E-state index is 12.7. The molecule has 1 atom stereocenters. The number of rotatable bonds is 5. The van der Waals surface area contributed by atoms with Crippen molar-refractivity contribution < 1.29 is 17.9 Å². The molecule has 1 aliphatic rings. The Morgan fingerprint density at radius 1 is 1.50 bits per heavy atom. The van der Waals surface area contributed by atoms with Crippen LogP contribution in [0.2, 0.25) is 0 Å². The Labute approximate surface area is 139 Å². The summed E-state index contributed by atoms with van der Waals surface area (Å²) in [6, 6.07) is 4.38. The Hall–Kier alpha value is -0.960. The van der Waals surface area contributed by atoms with Crippen LogP contribution in [0.4, 0.5) is 0 Å². The van der Waals surface area contributed by atoms with E-state index in [1.54, 1.807) is 0 Å². The van der Waals surface area contributed by atoms with Gasteiger partial charge < -0.3 is 10.1 Å². The molecular weight excluding hydrogens is 372 g/mol. The van der Waals surface area contributed by atoms with Gasteiger partial charge in [0.15, 0.2) is 0 Å². The third kappa shape index (κ3) is 3.51. The number of hydrogen-bond donors (Lipinski definition) is 1. The average Bonchev–Trinajstić information content (AvgIpc) is 2.96. The van der Waals surface area contributed by atoms with Crippen molar-refractivity contribution in [3.05, 3.63) is 28.2 Å². The van der Waals surface area contributed by atoms with Crippen molar-refractivity contribution in [2.24, 2.45) is 5.92 Å². The first kappa shape index (κ1) is 17.4. The van der Waals surface area contributed by atoms with Gasteiger partial charge in [-0.15, -0.1) is 0 Å². The fourth-order valence-electron chi connectivity index (χ4n) is 2.56. The highest BCUT2D eigenvalue weighted by Crippen LogP contribution is 2.29. The zero-order valence-corrected chi connectivity index (χ0v) is 14.9. The van der Waals surface area contributed by atoms with Crippen molar-refractivity contribution in [3.63, 3.8) is 0 Å². The smallest absolute Gasteiger partial charge is 0.337 e. The lowest BCUT2D eigenvalue weighted by Crippen LogP contribution is -2.30. The van der Waals surface area contributed by atoms with Crippen molar-refractivity contribution in [3.8, 4) is 0 Å². The summed E-state index contributed by atoms with van der Waals surface area (Å²) in [6.07, 6.45) is 0.845. The summed E-state index contributed by atoms with van der Waals surface area (Å²) in [7, 11) is -0.418. The molecule has 1 fully saturated rings. The van der Waals surface area contributed by atoms with Gasteiger partial charge in [-0.25, -0.2) is 13.2 Å². The molecule has 122 valence electrons. The summed E-state index contributed by atoms with van der Waals surface area (Å²) in [5, 5.41) is 3.08. The second kappa shape index (κ2) is 7.08. The van der Waals surface area contributed by atoms with Gasteiger partial charge >= 0.3 is 5.97 Å².